The van der Waals surface area contributed by atoms with Gasteiger partial charge in [0.15, 0.2) is 0 Å². The van der Waals surface area contributed by atoms with Gasteiger partial charge in [0.25, 0.3) is 0 Å². The van der Waals surface area contributed by atoms with Crippen LogP contribution in [0.15, 0.2) is 30.3 Å². The van der Waals surface area contributed by atoms with Crippen molar-refractivity contribution in [3.63, 3.8) is 0 Å². The highest BCUT2D eigenvalue weighted by molar-refractivity contribution is 7.12. The minimum Gasteiger partial charge on any atom is -0.306 e. The summed E-state index contributed by atoms with van der Waals surface area (Å²) in [6.07, 6.45) is 1.06. The van der Waals surface area contributed by atoms with Gasteiger partial charge in [0, 0.05) is 27.4 Å². The Hall–Kier alpha value is -0.830. The Morgan fingerprint density at radius 3 is 2.63 bits per heavy atom. The largest absolute Gasteiger partial charge is 0.306 e. The number of nitrogens with one attached hydrogen (secondary N) is 1. The van der Waals surface area contributed by atoms with E-state index in [1.807, 2.05) is 23.5 Å². The molecule has 0 aliphatic rings. The van der Waals surface area contributed by atoms with Crippen LogP contribution in [0.2, 0.25) is 5.02 Å². The number of thiophene rings is 1. The maximum Gasteiger partial charge on any atom is 0.0409 e. The molecule has 1 aromatic carbocycles. The van der Waals surface area contributed by atoms with E-state index in [0.717, 1.165) is 18.0 Å². The molecule has 1 heterocycles. The normalized spacial score (nSPS) is 12.6. The molecule has 0 spiro atoms. The smallest absolute Gasteiger partial charge is 0.0409 e. The van der Waals surface area contributed by atoms with E-state index in [2.05, 4.69) is 44.3 Å². The monoisotopic (exact) mass is 293 g/mol. The van der Waals surface area contributed by atoms with Gasteiger partial charge in [0.1, 0.15) is 0 Å². The summed E-state index contributed by atoms with van der Waals surface area (Å²) in [6.45, 7) is 7.47. The van der Waals surface area contributed by atoms with Gasteiger partial charge in [-0.15, -0.1) is 11.3 Å². The van der Waals surface area contributed by atoms with Gasteiger partial charge < -0.3 is 5.32 Å². The van der Waals surface area contributed by atoms with Crippen LogP contribution < -0.4 is 5.32 Å². The third-order valence-electron chi connectivity index (χ3n) is 3.34. The summed E-state index contributed by atoms with van der Waals surface area (Å²) in [4.78, 5) is 2.79. The van der Waals surface area contributed by atoms with Gasteiger partial charge in [0.05, 0.1) is 0 Å². The first-order valence-electron chi connectivity index (χ1n) is 6.65. The molecule has 0 amide bonds. The van der Waals surface area contributed by atoms with Crippen molar-refractivity contribution in [2.24, 2.45) is 0 Å². The molecule has 1 N–H and O–H groups in total. The molecule has 0 saturated carbocycles. The molecule has 1 unspecified atom stereocenters. The Kier molecular flexibility index (Phi) is 5.03. The average molecular weight is 294 g/mol. The summed E-state index contributed by atoms with van der Waals surface area (Å²) in [7, 11) is 0. The quantitative estimate of drug-likeness (QED) is 0.793. The second-order valence-electron chi connectivity index (χ2n) is 4.84. The molecule has 2 rings (SSSR count). The Balaban J connectivity index is 2.06. The maximum absolute atomic E-state index is 6.07. The number of rotatable bonds is 5. The van der Waals surface area contributed by atoms with E-state index in [0.29, 0.717) is 6.04 Å². The minimum atomic E-state index is 0.360. The van der Waals surface area contributed by atoms with Crippen LogP contribution in [0.1, 0.15) is 40.3 Å². The molecule has 1 aromatic heterocycles. The molecule has 0 saturated heterocycles. The zero-order valence-corrected chi connectivity index (χ0v) is 13.2. The number of hydrogen-bond donors (Lipinski definition) is 1. The Morgan fingerprint density at radius 1 is 1.26 bits per heavy atom. The molecule has 1 nitrogen and oxygen atoms in total. The number of aryl methyl sites for hydroxylation is 2. The fourth-order valence-corrected chi connectivity index (χ4v) is 3.46. The first kappa shape index (κ1) is 14.6. The lowest BCUT2D eigenvalue weighted by Crippen LogP contribution is -2.20. The van der Waals surface area contributed by atoms with Crippen LogP contribution in [-0.2, 0) is 6.54 Å². The van der Waals surface area contributed by atoms with E-state index in [1.165, 1.54) is 20.9 Å². The lowest BCUT2D eigenvalue weighted by atomic mass is 10.0. The zero-order chi connectivity index (χ0) is 13.8. The summed E-state index contributed by atoms with van der Waals surface area (Å²) in [5, 5.41) is 4.44. The first-order valence-corrected chi connectivity index (χ1v) is 7.84. The lowest BCUT2D eigenvalue weighted by molar-refractivity contribution is 0.519. The fourth-order valence-electron chi connectivity index (χ4n) is 2.31. The molecule has 102 valence electrons. The lowest BCUT2D eigenvalue weighted by Gasteiger charge is -2.17. The van der Waals surface area contributed by atoms with Crippen molar-refractivity contribution in [1.82, 2.24) is 5.32 Å². The Labute approximate surface area is 124 Å². The molecular weight excluding hydrogens is 274 g/mol. The molecule has 0 aliphatic heterocycles. The average Bonchev–Trinajstić information content (AvgIpc) is 2.69. The number of halogens is 1. The highest BCUT2D eigenvalue weighted by Crippen LogP contribution is 2.23. The molecule has 0 radical (unpaired) electrons. The van der Waals surface area contributed by atoms with Crippen LogP contribution in [0.5, 0.6) is 0 Å². The Bertz CT molecular complexity index is 547. The first-order chi connectivity index (χ1) is 9.10. The zero-order valence-electron chi connectivity index (χ0n) is 11.7. The molecule has 19 heavy (non-hydrogen) atoms. The fraction of sp³-hybridized carbons (Fsp3) is 0.375. The summed E-state index contributed by atoms with van der Waals surface area (Å²) < 4.78 is 0. The highest BCUT2D eigenvalue weighted by Gasteiger charge is 2.10. The summed E-state index contributed by atoms with van der Waals surface area (Å²) in [5.74, 6) is 0. The van der Waals surface area contributed by atoms with E-state index in [1.54, 1.807) is 0 Å². The summed E-state index contributed by atoms with van der Waals surface area (Å²) in [5.41, 5.74) is 2.67. The van der Waals surface area contributed by atoms with Gasteiger partial charge in [-0.25, -0.2) is 0 Å². The third-order valence-corrected chi connectivity index (χ3v) is 4.59. The third kappa shape index (κ3) is 3.82. The second kappa shape index (κ2) is 6.56. The molecule has 3 heteroatoms. The van der Waals surface area contributed by atoms with Crippen molar-refractivity contribution in [2.75, 3.05) is 0 Å². The molecule has 0 bridgehead atoms. The SMILES string of the molecule is CCC(NCc1cc(C)sc1C)c1cccc(Cl)c1. The van der Waals surface area contributed by atoms with E-state index in [9.17, 15) is 0 Å². The molecule has 1 atom stereocenters. The van der Waals surface area contributed by atoms with Crippen LogP contribution in [0.3, 0.4) is 0 Å². The number of benzene rings is 1. The van der Waals surface area contributed by atoms with E-state index < -0.39 is 0 Å². The second-order valence-corrected chi connectivity index (χ2v) is 6.73. The van der Waals surface area contributed by atoms with Crippen molar-refractivity contribution in [2.45, 2.75) is 39.8 Å². The highest BCUT2D eigenvalue weighted by atomic mass is 35.5. The predicted octanol–water partition coefficient (Wildman–Crippen LogP) is 5.26. The van der Waals surface area contributed by atoms with Gasteiger partial charge in [-0.3, -0.25) is 0 Å². The van der Waals surface area contributed by atoms with Crippen molar-refractivity contribution >= 4 is 22.9 Å². The van der Waals surface area contributed by atoms with Gasteiger partial charge in [-0.1, -0.05) is 30.7 Å². The van der Waals surface area contributed by atoms with Crippen LogP contribution >= 0.6 is 22.9 Å². The van der Waals surface area contributed by atoms with Gasteiger partial charge in [-0.2, -0.15) is 0 Å². The summed E-state index contributed by atoms with van der Waals surface area (Å²) >= 11 is 7.93. The molecule has 0 aliphatic carbocycles. The standard InChI is InChI=1S/C16H20ClNS/c1-4-16(13-6-5-7-15(17)9-13)18-10-14-8-11(2)19-12(14)3/h5-9,16,18H,4,10H2,1-3H3. The number of hydrogen-bond acceptors (Lipinski definition) is 2. The minimum absolute atomic E-state index is 0.360. The van der Waals surface area contributed by atoms with Crippen molar-refractivity contribution in [1.29, 1.82) is 0 Å². The van der Waals surface area contributed by atoms with Gasteiger partial charge in [-0.05, 0) is 49.6 Å². The Morgan fingerprint density at radius 2 is 2.05 bits per heavy atom. The van der Waals surface area contributed by atoms with Crippen LogP contribution in [0.25, 0.3) is 0 Å². The van der Waals surface area contributed by atoms with Crippen molar-refractivity contribution in [3.8, 4) is 0 Å². The topological polar surface area (TPSA) is 12.0 Å². The predicted molar refractivity (Wildman–Crippen MR) is 85.1 cm³/mol. The van der Waals surface area contributed by atoms with E-state index in [4.69, 9.17) is 11.6 Å². The van der Waals surface area contributed by atoms with E-state index >= 15 is 0 Å². The van der Waals surface area contributed by atoms with Gasteiger partial charge in [0.2, 0.25) is 0 Å². The molecular formula is C16H20ClNS. The summed E-state index contributed by atoms with van der Waals surface area (Å²) in [6, 6.07) is 10.8. The van der Waals surface area contributed by atoms with Gasteiger partial charge >= 0.3 is 0 Å². The molecule has 2 aromatic rings. The van der Waals surface area contributed by atoms with Crippen LogP contribution in [0.4, 0.5) is 0 Å². The van der Waals surface area contributed by atoms with E-state index in [-0.39, 0.29) is 0 Å². The van der Waals surface area contributed by atoms with Crippen molar-refractivity contribution < 1.29 is 0 Å². The van der Waals surface area contributed by atoms with Crippen LogP contribution in [0, 0.1) is 13.8 Å². The maximum atomic E-state index is 6.07. The molecule has 0 fully saturated rings. The van der Waals surface area contributed by atoms with Crippen LogP contribution in [-0.4, -0.2) is 0 Å². The van der Waals surface area contributed by atoms with Crippen molar-refractivity contribution in [3.05, 3.63) is 56.2 Å².